The maximum Gasteiger partial charge on any atom is 0.176 e. The summed E-state index contributed by atoms with van der Waals surface area (Å²) in [6.07, 6.45) is 1.87. The lowest BCUT2D eigenvalue weighted by Crippen LogP contribution is -2.22. The smallest absolute Gasteiger partial charge is 0.176 e. The van der Waals surface area contributed by atoms with E-state index in [1.54, 1.807) is 7.11 Å². The van der Waals surface area contributed by atoms with Gasteiger partial charge in [0.05, 0.1) is 11.0 Å². The van der Waals surface area contributed by atoms with Crippen molar-refractivity contribution in [3.63, 3.8) is 0 Å². The van der Waals surface area contributed by atoms with Crippen molar-refractivity contribution >= 4 is 28.4 Å². The summed E-state index contributed by atoms with van der Waals surface area (Å²) in [6.45, 7) is 0. The van der Waals surface area contributed by atoms with E-state index in [1.807, 2.05) is 18.2 Å². The van der Waals surface area contributed by atoms with Crippen LogP contribution >= 0.6 is 22.6 Å². The van der Waals surface area contributed by atoms with E-state index < -0.39 is 0 Å². The van der Waals surface area contributed by atoms with E-state index in [1.165, 1.54) is 0 Å². The number of fused-ring (bicyclic) bond motifs is 1. The molecule has 2 nitrogen and oxygen atoms in total. The number of carbonyl (C=O) groups is 1. The van der Waals surface area contributed by atoms with Crippen LogP contribution in [0.1, 0.15) is 22.3 Å². The van der Waals surface area contributed by atoms with Crippen LogP contribution in [0, 0.1) is 0 Å². The van der Waals surface area contributed by atoms with Crippen LogP contribution in [0.4, 0.5) is 0 Å². The number of Topliss-reactive ketones (excluding diaryl/α,β-unsaturated/α-hetero) is 1. The van der Waals surface area contributed by atoms with Gasteiger partial charge in [0.25, 0.3) is 0 Å². The molecule has 0 saturated heterocycles. The van der Waals surface area contributed by atoms with Crippen molar-refractivity contribution in [1.29, 1.82) is 0 Å². The second kappa shape index (κ2) is 3.88. The average Bonchev–Trinajstić information content (AvgIpc) is 2.23. The Bertz CT molecular complexity index is 374. The van der Waals surface area contributed by atoms with Crippen molar-refractivity contribution in [2.75, 3.05) is 7.11 Å². The van der Waals surface area contributed by atoms with E-state index in [4.69, 9.17) is 4.74 Å². The highest BCUT2D eigenvalue weighted by Gasteiger charge is 2.26. The fourth-order valence-corrected chi connectivity index (χ4v) is 2.46. The number of methoxy groups -OCH3 is 1. The molecule has 0 spiro atoms. The topological polar surface area (TPSA) is 26.3 Å². The minimum atomic E-state index is 0.132. The first-order chi connectivity index (χ1) is 6.74. The summed E-state index contributed by atoms with van der Waals surface area (Å²) < 4.78 is 5.37. The quantitative estimate of drug-likeness (QED) is 0.589. The highest BCUT2D eigenvalue weighted by molar-refractivity contribution is 14.1. The number of ketones is 1. The second-order valence-electron chi connectivity index (χ2n) is 3.36. The highest BCUT2D eigenvalue weighted by Crippen LogP contribution is 2.31. The van der Waals surface area contributed by atoms with Crippen molar-refractivity contribution in [3.8, 4) is 5.75 Å². The minimum absolute atomic E-state index is 0.132. The first kappa shape index (κ1) is 9.96. The van der Waals surface area contributed by atoms with Gasteiger partial charge in [-0.1, -0.05) is 34.7 Å². The molecule has 0 heterocycles. The summed E-state index contributed by atoms with van der Waals surface area (Å²) >= 11 is 2.21. The summed E-state index contributed by atoms with van der Waals surface area (Å²) in [7, 11) is 1.65. The first-order valence-electron chi connectivity index (χ1n) is 4.58. The standard InChI is InChI=1S/C11H11IO2/c1-14-10-4-2-3-8-7(10)5-6-9(12)11(8)13/h2-4,9H,5-6H2,1H3/t9-/m0/s1. The molecule has 0 bridgehead atoms. The highest BCUT2D eigenvalue weighted by atomic mass is 127. The molecule has 1 aromatic carbocycles. The number of hydrogen-bond donors (Lipinski definition) is 0. The van der Waals surface area contributed by atoms with Crippen LogP contribution in [-0.4, -0.2) is 16.8 Å². The normalized spacial score (nSPS) is 20.4. The number of ether oxygens (including phenoxy) is 1. The molecule has 2 rings (SSSR count). The third-order valence-corrected chi connectivity index (χ3v) is 3.74. The van der Waals surface area contributed by atoms with Gasteiger partial charge in [0.15, 0.2) is 5.78 Å². The van der Waals surface area contributed by atoms with Crippen molar-refractivity contribution in [2.24, 2.45) is 0 Å². The second-order valence-corrected chi connectivity index (χ2v) is 4.86. The number of carbonyl (C=O) groups excluding carboxylic acids is 1. The molecule has 0 fully saturated rings. The first-order valence-corrected chi connectivity index (χ1v) is 5.82. The molecule has 0 amide bonds. The SMILES string of the molecule is COc1cccc2c1CC[C@H](I)C2=O. The summed E-state index contributed by atoms with van der Waals surface area (Å²) in [4.78, 5) is 11.8. The molecular weight excluding hydrogens is 291 g/mol. The predicted octanol–water partition coefficient (Wildman–Crippen LogP) is 2.63. The van der Waals surface area contributed by atoms with E-state index >= 15 is 0 Å². The van der Waals surface area contributed by atoms with Crippen LogP contribution in [0.15, 0.2) is 18.2 Å². The van der Waals surface area contributed by atoms with Crippen molar-refractivity contribution in [2.45, 2.75) is 16.8 Å². The number of rotatable bonds is 1. The minimum Gasteiger partial charge on any atom is -0.496 e. The monoisotopic (exact) mass is 302 g/mol. The Morgan fingerprint density at radius 1 is 1.50 bits per heavy atom. The molecule has 0 aromatic heterocycles. The van der Waals surface area contributed by atoms with Crippen LogP contribution in [0.3, 0.4) is 0 Å². The van der Waals surface area contributed by atoms with E-state index in [2.05, 4.69) is 22.6 Å². The van der Waals surface area contributed by atoms with Crippen LogP contribution in [0.5, 0.6) is 5.75 Å². The van der Waals surface area contributed by atoms with Gasteiger partial charge in [-0.2, -0.15) is 0 Å². The van der Waals surface area contributed by atoms with Gasteiger partial charge in [-0.15, -0.1) is 0 Å². The van der Waals surface area contributed by atoms with Crippen LogP contribution < -0.4 is 4.74 Å². The van der Waals surface area contributed by atoms with Gasteiger partial charge in [-0.05, 0) is 18.9 Å². The van der Waals surface area contributed by atoms with E-state index in [9.17, 15) is 4.79 Å². The van der Waals surface area contributed by atoms with Gasteiger partial charge in [-0.3, -0.25) is 4.79 Å². The van der Waals surface area contributed by atoms with E-state index in [0.717, 1.165) is 29.7 Å². The number of halogens is 1. The Morgan fingerprint density at radius 2 is 2.29 bits per heavy atom. The van der Waals surface area contributed by atoms with Crippen molar-refractivity contribution < 1.29 is 9.53 Å². The molecule has 1 aromatic rings. The molecule has 14 heavy (non-hydrogen) atoms. The van der Waals surface area contributed by atoms with Gasteiger partial charge in [-0.25, -0.2) is 0 Å². The Balaban J connectivity index is 2.52. The molecule has 0 saturated carbocycles. The van der Waals surface area contributed by atoms with Gasteiger partial charge in [0, 0.05) is 11.1 Å². The molecule has 1 aliphatic rings. The molecule has 1 aliphatic carbocycles. The molecular formula is C11H11IO2. The fourth-order valence-electron chi connectivity index (χ4n) is 1.82. The Labute approximate surface area is 96.8 Å². The van der Waals surface area contributed by atoms with Crippen molar-refractivity contribution in [3.05, 3.63) is 29.3 Å². The van der Waals surface area contributed by atoms with E-state index in [-0.39, 0.29) is 9.71 Å². The van der Waals surface area contributed by atoms with Gasteiger partial charge in [0.1, 0.15) is 5.75 Å². The van der Waals surface area contributed by atoms with Crippen molar-refractivity contribution in [1.82, 2.24) is 0 Å². The number of hydrogen-bond acceptors (Lipinski definition) is 2. The molecule has 1 atom stereocenters. The van der Waals surface area contributed by atoms with Gasteiger partial charge >= 0.3 is 0 Å². The number of benzene rings is 1. The summed E-state index contributed by atoms with van der Waals surface area (Å²) in [5.74, 6) is 1.09. The molecule has 3 heteroatoms. The summed E-state index contributed by atoms with van der Waals surface area (Å²) in [5, 5.41) is 0. The maximum absolute atomic E-state index is 11.8. The maximum atomic E-state index is 11.8. The molecule has 0 radical (unpaired) electrons. The van der Waals surface area contributed by atoms with Gasteiger partial charge < -0.3 is 4.74 Å². The zero-order valence-electron chi connectivity index (χ0n) is 7.92. The molecule has 74 valence electrons. The molecule has 0 unspecified atom stereocenters. The third-order valence-electron chi connectivity index (χ3n) is 2.55. The Kier molecular flexibility index (Phi) is 2.76. The summed E-state index contributed by atoms with van der Waals surface area (Å²) in [6, 6.07) is 5.69. The van der Waals surface area contributed by atoms with Crippen LogP contribution in [0.25, 0.3) is 0 Å². The van der Waals surface area contributed by atoms with Crippen LogP contribution in [-0.2, 0) is 6.42 Å². The molecule has 0 N–H and O–H groups in total. The van der Waals surface area contributed by atoms with Crippen LogP contribution in [0.2, 0.25) is 0 Å². The fraction of sp³-hybridized carbons (Fsp3) is 0.364. The lowest BCUT2D eigenvalue weighted by atomic mass is 9.90. The molecule has 0 aliphatic heterocycles. The zero-order valence-corrected chi connectivity index (χ0v) is 10.1. The lowest BCUT2D eigenvalue weighted by molar-refractivity contribution is 0.0984. The van der Waals surface area contributed by atoms with E-state index in [0.29, 0.717) is 0 Å². The Morgan fingerprint density at radius 3 is 3.00 bits per heavy atom. The van der Waals surface area contributed by atoms with Gasteiger partial charge in [0.2, 0.25) is 0 Å². The third kappa shape index (κ3) is 1.54. The average molecular weight is 302 g/mol. The summed E-state index contributed by atoms with van der Waals surface area (Å²) in [5.41, 5.74) is 1.92. The predicted molar refractivity (Wildman–Crippen MR) is 63.5 cm³/mol. The number of alkyl halides is 1. The lowest BCUT2D eigenvalue weighted by Gasteiger charge is -2.20. The zero-order chi connectivity index (χ0) is 10.1. The largest absolute Gasteiger partial charge is 0.496 e. The Hall–Kier alpha value is -0.580.